The Morgan fingerprint density at radius 3 is 2.53 bits per heavy atom. The van der Waals surface area contributed by atoms with Gasteiger partial charge in [-0.25, -0.2) is 9.97 Å². The van der Waals surface area contributed by atoms with Gasteiger partial charge in [-0.2, -0.15) is 4.98 Å². The molecule has 4 aliphatic heterocycles. The molecule has 6 heterocycles. The van der Waals surface area contributed by atoms with Gasteiger partial charge < -0.3 is 25.3 Å². The lowest BCUT2D eigenvalue weighted by Gasteiger charge is -2.50. The number of nitrogens with one attached hydrogen (secondary N) is 2. The molecule has 5 aliphatic rings. The van der Waals surface area contributed by atoms with E-state index in [1.54, 1.807) is 0 Å². The monoisotopic (exact) mass is 514 g/mol. The summed E-state index contributed by atoms with van der Waals surface area (Å²) in [4.78, 5) is 34.4. The van der Waals surface area contributed by atoms with Gasteiger partial charge in [0.2, 0.25) is 11.9 Å². The number of aromatic nitrogens is 3. The standard InChI is InChI=1S/C29H38N8O/c38-27-24-8-6-21-18-31-28(34-26(21)37(24)29(20-32-27)12-2-3-13-29)33-25-9-7-23(19-30-25)36-16-10-22(11-17-36)35-14-4-1-5-15-35/h6-9,18-19,22,24H,1-5,10-17,20H2,(H,32,38)(H,30,31,33,34). The van der Waals surface area contributed by atoms with Gasteiger partial charge in [-0.05, 0) is 63.7 Å². The summed E-state index contributed by atoms with van der Waals surface area (Å²) < 4.78 is 0. The number of piperazine rings is 1. The Hall–Kier alpha value is -3.20. The molecule has 1 atom stereocenters. The molecule has 0 bridgehead atoms. The van der Waals surface area contributed by atoms with Crippen LogP contribution in [0, 0.1) is 0 Å². The van der Waals surface area contributed by atoms with Gasteiger partial charge in [0, 0.05) is 37.4 Å². The van der Waals surface area contributed by atoms with Gasteiger partial charge in [0.1, 0.15) is 17.7 Å². The molecule has 9 nitrogen and oxygen atoms in total. The van der Waals surface area contributed by atoms with Crippen molar-refractivity contribution in [2.24, 2.45) is 0 Å². The number of carbonyl (C=O) groups excluding carboxylic acids is 1. The fourth-order valence-corrected chi connectivity index (χ4v) is 7.32. The van der Waals surface area contributed by atoms with Crippen LogP contribution in [-0.4, -0.2) is 76.1 Å². The second kappa shape index (κ2) is 9.84. The van der Waals surface area contributed by atoms with Crippen molar-refractivity contribution in [3.05, 3.63) is 36.2 Å². The number of anilines is 4. The number of rotatable bonds is 4. The summed E-state index contributed by atoms with van der Waals surface area (Å²) in [6, 6.07) is 4.60. The molecule has 38 heavy (non-hydrogen) atoms. The van der Waals surface area contributed by atoms with Gasteiger partial charge in [-0.1, -0.05) is 31.4 Å². The molecule has 7 rings (SSSR count). The summed E-state index contributed by atoms with van der Waals surface area (Å²) in [6.07, 6.45) is 18.9. The number of hydrogen-bond acceptors (Lipinski definition) is 8. The van der Waals surface area contributed by atoms with Gasteiger partial charge in [0.05, 0.1) is 17.4 Å². The van der Waals surface area contributed by atoms with Crippen LogP contribution in [0.15, 0.2) is 30.6 Å². The van der Waals surface area contributed by atoms with Gasteiger partial charge in [-0.15, -0.1) is 0 Å². The molecule has 200 valence electrons. The number of piperidine rings is 2. The minimum Gasteiger partial charge on any atom is -0.370 e. The van der Waals surface area contributed by atoms with E-state index in [0.717, 1.165) is 49.2 Å². The molecule has 1 unspecified atom stereocenters. The summed E-state index contributed by atoms with van der Waals surface area (Å²) in [7, 11) is 0. The fraction of sp³-hybridized carbons (Fsp3) is 0.586. The average Bonchev–Trinajstić information content (AvgIpc) is 3.45. The summed E-state index contributed by atoms with van der Waals surface area (Å²) in [5.41, 5.74) is 2.07. The maximum Gasteiger partial charge on any atom is 0.246 e. The van der Waals surface area contributed by atoms with Crippen LogP contribution >= 0.6 is 0 Å². The van der Waals surface area contributed by atoms with E-state index in [1.807, 2.05) is 30.6 Å². The largest absolute Gasteiger partial charge is 0.370 e. The zero-order valence-electron chi connectivity index (χ0n) is 22.1. The first-order valence-corrected chi connectivity index (χ1v) is 14.5. The highest BCUT2D eigenvalue weighted by molar-refractivity contribution is 5.93. The van der Waals surface area contributed by atoms with Crippen LogP contribution in [0.5, 0.6) is 0 Å². The van der Waals surface area contributed by atoms with Crippen LogP contribution in [0.3, 0.4) is 0 Å². The van der Waals surface area contributed by atoms with Crippen molar-refractivity contribution in [1.82, 2.24) is 25.2 Å². The highest BCUT2D eigenvalue weighted by Crippen LogP contribution is 2.44. The van der Waals surface area contributed by atoms with Crippen LogP contribution in [0.25, 0.3) is 6.08 Å². The Morgan fingerprint density at radius 1 is 0.947 bits per heavy atom. The second-order valence-corrected chi connectivity index (χ2v) is 11.6. The van der Waals surface area contributed by atoms with Crippen molar-refractivity contribution in [1.29, 1.82) is 0 Å². The zero-order chi connectivity index (χ0) is 25.5. The lowest BCUT2D eigenvalue weighted by molar-refractivity contribution is -0.123. The Kier molecular flexibility index (Phi) is 6.18. The molecular formula is C29H38N8O. The predicted molar refractivity (Wildman–Crippen MR) is 150 cm³/mol. The van der Waals surface area contributed by atoms with E-state index in [0.29, 0.717) is 12.5 Å². The lowest BCUT2D eigenvalue weighted by atomic mass is 9.87. The molecule has 1 saturated carbocycles. The summed E-state index contributed by atoms with van der Waals surface area (Å²) in [5, 5.41) is 6.45. The van der Waals surface area contributed by atoms with Crippen molar-refractivity contribution in [3.63, 3.8) is 0 Å². The average molecular weight is 515 g/mol. The van der Waals surface area contributed by atoms with Gasteiger partial charge in [0.15, 0.2) is 0 Å². The number of likely N-dealkylation sites (tertiary alicyclic amines) is 1. The van der Waals surface area contributed by atoms with Crippen molar-refractivity contribution in [2.75, 3.05) is 47.8 Å². The van der Waals surface area contributed by atoms with Gasteiger partial charge in [0.25, 0.3) is 0 Å². The van der Waals surface area contributed by atoms with E-state index in [1.165, 1.54) is 63.7 Å². The molecule has 3 saturated heterocycles. The molecule has 0 aromatic carbocycles. The third kappa shape index (κ3) is 4.30. The van der Waals surface area contributed by atoms with Crippen molar-refractivity contribution in [2.45, 2.75) is 75.4 Å². The number of nitrogens with zero attached hydrogens (tertiary/aromatic N) is 6. The van der Waals surface area contributed by atoms with E-state index in [9.17, 15) is 4.79 Å². The van der Waals surface area contributed by atoms with E-state index in [2.05, 4.69) is 36.4 Å². The van der Waals surface area contributed by atoms with Crippen LogP contribution in [0.1, 0.15) is 63.4 Å². The quantitative estimate of drug-likeness (QED) is 0.638. The molecule has 1 aliphatic carbocycles. The first kappa shape index (κ1) is 23.9. The van der Waals surface area contributed by atoms with Gasteiger partial charge >= 0.3 is 0 Å². The maximum absolute atomic E-state index is 12.7. The summed E-state index contributed by atoms with van der Waals surface area (Å²) in [5.74, 6) is 2.14. The highest BCUT2D eigenvalue weighted by atomic mass is 16.2. The Morgan fingerprint density at radius 2 is 1.76 bits per heavy atom. The number of hydrogen-bond donors (Lipinski definition) is 2. The molecule has 0 radical (unpaired) electrons. The smallest absolute Gasteiger partial charge is 0.246 e. The first-order chi connectivity index (χ1) is 18.7. The Bertz CT molecular complexity index is 1190. The Balaban J connectivity index is 1.04. The lowest BCUT2D eigenvalue weighted by Crippen LogP contribution is -2.67. The van der Waals surface area contributed by atoms with Crippen LogP contribution < -0.4 is 20.4 Å². The predicted octanol–water partition coefficient (Wildman–Crippen LogP) is 3.71. The van der Waals surface area contributed by atoms with Crippen LogP contribution in [0.2, 0.25) is 0 Å². The first-order valence-electron chi connectivity index (χ1n) is 14.5. The minimum absolute atomic E-state index is 0.0507. The second-order valence-electron chi connectivity index (χ2n) is 11.6. The van der Waals surface area contributed by atoms with Crippen molar-refractivity contribution < 1.29 is 4.79 Å². The molecule has 2 aromatic heterocycles. The molecular weight excluding hydrogens is 476 g/mol. The highest BCUT2D eigenvalue weighted by Gasteiger charge is 2.50. The molecule has 4 fully saturated rings. The number of carbonyl (C=O) groups is 1. The van der Waals surface area contributed by atoms with E-state index >= 15 is 0 Å². The van der Waals surface area contributed by atoms with Crippen molar-refractivity contribution >= 4 is 35.3 Å². The van der Waals surface area contributed by atoms with E-state index in [-0.39, 0.29) is 17.5 Å². The number of fused-ring (bicyclic) bond motifs is 4. The van der Waals surface area contributed by atoms with Crippen molar-refractivity contribution in [3.8, 4) is 0 Å². The summed E-state index contributed by atoms with van der Waals surface area (Å²) in [6.45, 7) is 5.41. The third-order valence-corrected chi connectivity index (χ3v) is 9.39. The van der Waals surface area contributed by atoms with Crippen LogP contribution in [0.4, 0.5) is 23.3 Å². The number of pyridine rings is 1. The van der Waals surface area contributed by atoms with E-state index < -0.39 is 0 Å². The molecule has 1 amide bonds. The van der Waals surface area contributed by atoms with Crippen LogP contribution in [-0.2, 0) is 4.79 Å². The van der Waals surface area contributed by atoms with E-state index in [4.69, 9.17) is 9.97 Å². The topological polar surface area (TPSA) is 89.5 Å². The minimum atomic E-state index is -0.312. The molecule has 1 spiro atoms. The maximum atomic E-state index is 12.7. The third-order valence-electron chi connectivity index (χ3n) is 9.39. The Labute approximate surface area is 224 Å². The fourth-order valence-electron chi connectivity index (χ4n) is 7.32. The SMILES string of the molecule is O=C1NCC2(CCCC2)N2c3nc(Nc4ccc(N5CCC(N6CCCCC6)CC5)cn4)ncc3C=CC12. The molecule has 2 aromatic rings. The zero-order valence-corrected chi connectivity index (χ0v) is 22.1. The number of amides is 1. The summed E-state index contributed by atoms with van der Waals surface area (Å²) >= 11 is 0. The molecule has 9 heteroatoms. The molecule has 2 N–H and O–H groups in total. The normalized spacial score (nSPS) is 25.3. The van der Waals surface area contributed by atoms with Gasteiger partial charge in [-0.3, -0.25) is 4.79 Å².